The first-order valence-electron chi connectivity index (χ1n) is 8.70. The van der Waals surface area contributed by atoms with E-state index in [1.54, 1.807) is 61.5 Å². The van der Waals surface area contributed by atoms with Crippen LogP contribution in [0, 0.1) is 0 Å². The van der Waals surface area contributed by atoms with Crippen molar-refractivity contribution in [3.05, 3.63) is 99.0 Å². The van der Waals surface area contributed by atoms with E-state index >= 15 is 0 Å². The van der Waals surface area contributed by atoms with Gasteiger partial charge in [0.1, 0.15) is 0 Å². The summed E-state index contributed by atoms with van der Waals surface area (Å²) in [4.78, 5) is 24.4. The number of benzene rings is 3. The van der Waals surface area contributed by atoms with Gasteiger partial charge in [0.2, 0.25) is 0 Å². The van der Waals surface area contributed by atoms with Gasteiger partial charge in [0.25, 0.3) is 11.8 Å². The van der Waals surface area contributed by atoms with Gasteiger partial charge in [0, 0.05) is 26.3 Å². The highest BCUT2D eigenvalue weighted by molar-refractivity contribution is 9.10. The highest BCUT2D eigenvalue weighted by Crippen LogP contribution is 2.15. The Morgan fingerprint density at radius 1 is 0.862 bits per heavy atom. The van der Waals surface area contributed by atoms with Crippen LogP contribution in [0.1, 0.15) is 33.2 Å². The number of carbonyl (C=O) groups excluding carboxylic acids is 2. The molecule has 7 heteroatoms. The maximum absolute atomic E-state index is 12.3. The molecule has 3 aromatic rings. The Morgan fingerprint density at radius 3 is 2.17 bits per heavy atom. The number of hydrogen-bond acceptors (Lipinski definition) is 3. The van der Waals surface area contributed by atoms with E-state index in [0.717, 1.165) is 10.0 Å². The van der Waals surface area contributed by atoms with E-state index in [9.17, 15) is 9.59 Å². The number of nitrogens with one attached hydrogen (secondary N) is 2. The monoisotopic (exact) mass is 469 g/mol. The molecule has 0 aromatic heterocycles. The van der Waals surface area contributed by atoms with Crippen molar-refractivity contribution in [3.63, 3.8) is 0 Å². The van der Waals surface area contributed by atoms with Gasteiger partial charge in [0.15, 0.2) is 0 Å². The fourth-order valence-corrected chi connectivity index (χ4v) is 3.02. The smallest absolute Gasteiger partial charge is 0.271 e. The topological polar surface area (TPSA) is 70.6 Å². The third kappa shape index (κ3) is 5.76. The third-order valence-electron chi connectivity index (χ3n) is 4.08. The zero-order valence-electron chi connectivity index (χ0n) is 15.4. The lowest BCUT2D eigenvalue weighted by Gasteiger charge is -2.07. The molecule has 3 rings (SSSR count). The van der Waals surface area contributed by atoms with Crippen LogP contribution >= 0.6 is 27.5 Å². The summed E-state index contributed by atoms with van der Waals surface area (Å²) in [7, 11) is 0. The fourth-order valence-electron chi connectivity index (χ4n) is 2.49. The molecule has 0 aliphatic heterocycles. The largest absolute Gasteiger partial charge is 0.322 e. The summed E-state index contributed by atoms with van der Waals surface area (Å²) in [6, 6.07) is 20.9. The van der Waals surface area contributed by atoms with E-state index < -0.39 is 0 Å². The van der Waals surface area contributed by atoms with E-state index in [4.69, 9.17) is 11.6 Å². The number of nitrogens with zero attached hydrogens (tertiary/aromatic N) is 1. The van der Waals surface area contributed by atoms with Gasteiger partial charge in [-0.15, -0.1) is 0 Å². The molecule has 0 heterocycles. The van der Waals surface area contributed by atoms with E-state index in [2.05, 4.69) is 31.8 Å². The number of halogens is 2. The molecular weight excluding hydrogens is 454 g/mol. The highest BCUT2D eigenvalue weighted by Gasteiger charge is 2.07. The summed E-state index contributed by atoms with van der Waals surface area (Å²) in [6.07, 6.45) is 0. The summed E-state index contributed by atoms with van der Waals surface area (Å²) in [5.74, 6) is -0.515. The summed E-state index contributed by atoms with van der Waals surface area (Å²) in [6.45, 7) is 1.79. The van der Waals surface area contributed by atoms with Crippen LogP contribution in [0.4, 0.5) is 5.69 Å². The molecule has 0 spiro atoms. The zero-order chi connectivity index (χ0) is 20.8. The number of hydrazone groups is 1. The third-order valence-corrected chi connectivity index (χ3v) is 4.82. The second-order valence-electron chi connectivity index (χ2n) is 6.19. The van der Waals surface area contributed by atoms with Crippen molar-refractivity contribution in [1.29, 1.82) is 0 Å². The molecule has 3 aromatic carbocycles. The van der Waals surface area contributed by atoms with E-state index in [1.165, 1.54) is 0 Å². The maximum atomic E-state index is 12.3. The normalized spacial score (nSPS) is 11.1. The van der Waals surface area contributed by atoms with Crippen LogP contribution in [0.5, 0.6) is 0 Å². The number of carbonyl (C=O) groups is 2. The molecule has 0 fully saturated rings. The SMILES string of the molecule is CC(=NNC(=O)c1cccc(Br)c1)c1ccc(NC(=O)c2ccc(Cl)cc2)cc1. The van der Waals surface area contributed by atoms with Gasteiger partial charge in [-0.3, -0.25) is 9.59 Å². The van der Waals surface area contributed by atoms with Crippen LogP contribution in [0.3, 0.4) is 0 Å². The Bertz CT molecular complexity index is 1060. The highest BCUT2D eigenvalue weighted by atomic mass is 79.9. The molecule has 0 radical (unpaired) electrons. The van der Waals surface area contributed by atoms with Gasteiger partial charge in [0.05, 0.1) is 5.71 Å². The van der Waals surface area contributed by atoms with Crippen molar-refractivity contribution >= 4 is 50.7 Å². The molecule has 0 saturated heterocycles. The van der Waals surface area contributed by atoms with Crippen LogP contribution in [0.25, 0.3) is 0 Å². The molecule has 0 bridgehead atoms. The number of anilines is 1. The first-order chi connectivity index (χ1) is 13.9. The van der Waals surface area contributed by atoms with Gasteiger partial charge in [-0.25, -0.2) is 5.43 Å². The van der Waals surface area contributed by atoms with Gasteiger partial charge in [-0.2, -0.15) is 5.10 Å². The van der Waals surface area contributed by atoms with Crippen LogP contribution in [0.2, 0.25) is 5.02 Å². The molecule has 0 aliphatic carbocycles. The van der Waals surface area contributed by atoms with Crippen molar-refractivity contribution in [2.24, 2.45) is 5.10 Å². The molecular formula is C22H17BrClN3O2. The van der Waals surface area contributed by atoms with E-state index in [-0.39, 0.29) is 11.8 Å². The van der Waals surface area contributed by atoms with E-state index in [0.29, 0.717) is 27.5 Å². The van der Waals surface area contributed by atoms with Gasteiger partial charge >= 0.3 is 0 Å². The van der Waals surface area contributed by atoms with Crippen LogP contribution < -0.4 is 10.7 Å². The van der Waals surface area contributed by atoms with Crippen LogP contribution in [-0.4, -0.2) is 17.5 Å². The number of rotatable bonds is 5. The first kappa shape index (κ1) is 20.8. The van der Waals surface area contributed by atoms with E-state index in [1.807, 2.05) is 18.2 Å². The Labute approximate surface area is 181 Å². The standard InChI is InChI=1S/C22H17BrClN3O2/c1-14(26-27-22(29)17-3-2-4-18(23)13-17)15-7-11-20(12-8-15)25-21(28)16-5-9-19(24)10-6-16/h2-13H,1H3,(H,25,28)(H,27,29). The summed E-state index contributed by atoms with van der Waals surface area (Å²) >= 11 is 9.18. The first-order valence-corrected chi connectivity index (χ1v) is 9.87. The number of hydrogen-bond donors (Lipinski definition) is 2. The molecule has 146 valence electrons. The van der Waals surface area contributed by atoms with Crippen LogP contribution in [0.15, 0.2) is 82.4 Å². The molecule has 2 N–H and O–H groups in total. The molecule has 0 unspecified atom stereocenters. The minimum absolute atomic E-state index is 0.221. The Hall–Kier alpha value is -2.96. The lowest BCUT2D eigenvalue weighted by Crippen LogP contribution is -2.19. The lowest BCUT2D eigenvalue weighted by atomic mass is 10.1. The predicted octanol–water partition coefficient (Wildman–Crippen LogP) is 5.51. The Morgan fingerprint density at radius 2 is 1.52 bits per heavy atom. The predicted molar refractivity (Wildman–Crippen MR) is 120 cm³/mol. The molecule has 0 aliphatic rings. The van der Waals surface area contributed by atoms with Gasteiger partial charge < -0.3 is 5.32 Å². The summed E-state index contributed by atoms with van der Waals surface area (Å²) < 4.78 is 0.821. The Balaban J connectivity index is 1.62. The summed E-state index contributed by atoms with van der Waals surface area (Å²) in [5, 5.41) is 7.55. The average Bonchev–Trinajstić information content (AvgIpc) is 2.72. The van der Waals surface area contributed by atoms with Crippen LogP contribution in [-0.2, 0) is 0 Å². The number of amides is 2. The average molecular weight is 471 g/mol. The lowest BCUT2D eigenvalue weighted by molar-refractivity contribution is 0.0954. The molecule has 2 amide bonds. The summed E-state index contributed by atoms with van der Waals surface area (Å²) in [5.41, 5.74) is 5.69. The fraction of sp³-hybridized carbons (Fsp3) is 0.0455. The minimum Gasteiger partial charge on any atom is -0.322 e. The molecule has 0 atom stereocenters. The van der Waals surface area contributed by atoms with Crippen molar-refractivity contribution in [2.45, 2.75) is 6.92 Å². The quantitative estimate of drug-likeness (QED) is 0.381. The van der Waals surface area contributed by atoms with Crippen molar-refractivity contribution in [2.75, 3.05) is 5.32 Å². The molecule has 29 heavy (non-hydrogen) atoms. The second kappa shape index (κ2) is 9.49. The van der Waals surface area contributed by atoms with Crippen molar-refractivity contribution < 1.29 is 9.59 Å². The van der Waals surface area contributed by atoms with Gasteiger partial charge in [-0.1, -0.05) is 45.7 Å². The zero-order valence-corrected chi connectivity index (χ0v) is 17.8. The van der Waals surface area contributed by atoms with Crippen molar-refractivity contribution in [1.82, 2.24) is 5.43 Å². The Kier molecular flexibility index (Phi) is 6.80. The second-order valence-corrected chi connectivity index (χ2v) is 7.54. The maximum Gasteiger partial charge on any atom is 0.271 e. The molecule has 0 saturated carbocycles. The molecule has 5 nitrogen and oxygen atoms in total. The van der Waals surface area contributed by atoms with Crippen molar-refractivity contribution in [3.8, 4) is 0 Å². The minimum atomic E-state index is -0.294. The van der Waals surface area contributed by atoms with Gasteiger partial charge in [-0.05, 0) is 67.1 Å².